The van der Waals surface area contributed by atoms with Gasteiger partial charge in [-0.3, -0.25) is 4.79 Å². The molecule has 2 N–H and O–H groups in total. The molecule has 0 saturated carbocycles. The van der Waals surface area contributed by atoms with Crippen LogP contribution in [0.3, 0.4) is 0 Å². The molecule has 1 amide bonds. The van der Waals surface area contributed by atoms with Crippen LogP contribution < -0.4 is 15.5 Å². The van der Waals surface area contributed by atoms with Crippen LogP contribution in [0, 0.1) is 5.82 Å². The third-order valence-electron chi connectivity index (χ3n) is 4.66. The highest BCUT2D eigenvalue weighted by Crippen LogP contribution is 2.25. The zero-order valence-corrected chi connectivity index (χ0v) is 19.9. The summed E-state index contributed by atoms with van der Waals surface area (Å²) in [7, 11) is 3.43. The standard InChI is InChI=1S/C19H29ClFN5O.HI/c1-5-13(2)23-19(22-11-18(27)25(3)4)24-14-8-9-26(12-14)15-6-7-16(20)17(21)10-15;/h6-7,10,13-14H,5,8-9,11-12H2,1-4H3,(H2,22,23,24);1H. The molecule has 0 aromatic heterocycles. The van der Waals surface area contributed by atoms with Gasteiger partial charge in [0.2, 0.25) is 5.91 Å². The highest BCUT2D eigenvalue weighted by molar-refractivity contribution is 14.0. The predicted molar refractivity (Wildman–Crippen MR) is 124 cm³/mol. The van der Waals surface area contributed by atoms with Gasteiger partial charge in [0.1, 0.15) is 12.4 Å². The number of amides is 1. The van der Waals surface area contributed by atoms with Gasteiger partial charge in [0, 0.05) is 45.0 Å². The normalized spacial score (nSPS) is 17.7. The predicted octanol–water partition coefficient (Wildman–Crippen LogP) is 3.10. The number of likely N-dealkylation sites (N-methyl/N-ethyl adjacent to an activating group) is 1. The zero-order chi connectivity index (χ0) is 20.0. The summed E-state index contributed by atoms with van der Waals surface area (Å²) in [4.78, 5) is 19.9. The number of aliphatic imine (C=N–C) groups is 1. The van der Waals surface area contributed by atoms with E-state index in [0.717, 1.165) is 31.6 Å². The molecule has 2 rings (SSSR count). The van der Waals surface area contributed by atoms with Gasteiger partial charge in [0.05, 0.1) is 5.02 Å². The summed E-state index contributed by atoms with van der Waals surface area (Å²) in [6, 6.07) is 5.28. The first-order valence-electron chi connectivity index (χ1n) is 9.27. The lowest BCUT2D eigenvalue weighted by Crippen LogP contribution is -2.48. The quantitative estimate of drug-likeness (QED) is 0.340. The number of guanidine groups is 1. The van der Waals surface area contributed by atoms with Crippen molar-refractivity contribution in [2.45, 2.75) is 38.8 Å². The van der Waals surface area contributed by atoms with Gasteiger partial charge in [-0.25, -0.2) is 9.38 Å². The van der Waals surface area contributed by atoms with Crippen LogP contribution in [0.1, 0.15) is 26.7 Å². The van der Waals surface area contributed by atoms with Crippen molar-refractivity contribution in [3.63, 3.8) is 0 Å². The fraction of sp³-hybridized carbons (Fsp3) is 0.579. The molecule has 1 aliphatic heterocycles. The van der Waals surface area contributed by atoms with Crippen LogP contribution in [-0.4, -0.2) is 62.6 Å². The summed E-state index contributed by atoms with van der Waals surface area (Å²) in [6.45, 7) is 5.79. The average molecular weight is 526 g/mol. The van der Waals surface area contributed by atoms with Gasteiger partial charge in [-0.15, -0.1) is 24.0 Å². The molecule has 1 saturated heterocycles. The summed E-state index contributed by atoms with van der Waals surface area (Å²) in [5.74, 6) is 0.173. The largest absolute Gasteiger partial charge is 0.369 e. The lowest BCUT2D eigenvalue weighted by Gasteiger charge is -2.22. The number of carbonyl (C=O) groups is 1. The van der Waals surface area contributed by atoms with Crippen molar-refractivity contribution in [3.8, 4) is 0 Å². The van der Waals surface area contributed by atoms with E-state index in [1.54, 1.807) is 20.2 Å². The highest BCUT2D eigenvalue weighted by atomic mass is 127. The lowest BCUT2D eigenvalue weighted by molar-refractivity contribution is -0.127. The smallest absolute Gasteiger partial charge is 0.243 e. The molecule has 1 fully saturated rings. The van der Waals surface area contributed by atoms with Crippen molar-refractivity contribution in [1.29, 1.82) is 0 Å². The number of rotatable bonds is 6. The molecule has 0 bridgehead atoms. The number of benzene rings is 1. The average Bonchev–Trinajstić information content (AvgIpc) is 3.09. The van der Waals surface area contributed by atoms with Crippen molar-refractivity contribution >= 4 is 53.1 Å². The fourth-order valence-corrected chi connectivity index (χ4v) is 2.86. The minimum atomic E-state index is -0.409. The maximum atomic E-state index is 13.7. The minimum Gasteiger partial charge on any atom is -0.369 e. The molecule has 9 heteroatoms. The highest BCUT2D eigenvalue weighted by Gasteiger charge is 2.24. The fourth-order valence-electron chi connectivity index (χ4n) is 2.74. The molecule has 1 aromatic rings. The Bertz CT molecular complexity index is 688. The summed E-state index contributed by atoms with van der Waals surface area (Å²) in [5.41, 5.74) is 0.817. The Kier molecular flexibility index (Phi) is 10.3. The Morgan fingerprint density at radius 2 is 2.18 bits per heavy atom. The van der Waals surface area contributed by atoms with Crippen LogP contribution in [0.25, 0.3) is 0 Å². The van der Waals surface area contributed by atoms with Crippen LogP contribution in [0.5, 0.6) is 0 Å². The van der Waals surface area contributed by atoms with Gasteiger partial charge in [-0.05, 0) is 38.0 Å². The number of hydrogen-bond acceptors (Lipinski definition) is 3. The second-order valence-corrected chi connectivity index (χ2v) is 7.49. The molecule has 2 unspecified atom stereocenters. The summed E-state index contributed by atoms with van der Waals surface area (Å²) in [6.07, 6.45) is 1.84. The van der Waals surface area contributed by atoms with Crippen LogP contribution in [0.15, 0.2) is 23.2 Å². The van der Waals surface area contributed by atoms with E-state index in [1.807, 2.05) is 6.07 Å². The molecular formula is C19H30ClFIN5O. The van der Waals surface area contributed by atoms with E-state index in [2.05, 4.69) is 34.4 Å². The molecule has 158 valence electrons. The Labute approximate surface area is 188 Å². The molecule has 2 atom stereocenters. The van der Waals surface area contributed by atoms with Crippen LogP contribution in [0.4, 0.5) is 10.1 Å². The maximum Gasteiger partial charge on any atom is 0.243 e. The van der Waals surface area contributed by atoms with Crippen molar-refractivity contribution in [2.24, 2.45) is 4.99 Å². The Balaban J connectivity index is 0.00000392. The summed E-state index contributed by atoms with van der Waals surface area (Å²) < 4.78 is 13.7. The monoisotopic (exact) mass is 525 g/mol. The van der Waals surface area contributed by atoms with E-state index >= 15 is 0 Å². The number of carbonyl (C=O) groups excluding carboxylic acids is 1. The van der Waals surface area contributed by atoms with Gasteiger partial charge >= 0.3 is 0 Å². The third-order valence-corrected chi connectivity index (χ3v) is 4.97. The van der Waals surface area contributed by atoms with Gasteiger partial charge in [-0.1, -0.05) is 18.5 Å². The molecule has 1 aliphatic rings. The first kappa shape index (κ1) is 24.7. The first-order valence-corrected chi connectivity index (χ1v) is 9.65. The van der Waals surface area contributed by atoms with E-state index in [1.165, 1.54) is 11.0 Å². The molecule has 1 aromatic carbocycles. The van der Waals surface area contributed by atoms with Crippen molar-refractivity contribution in [2.75, 3.05) is 38.6 Å². The van der Waals surface area contributed by atoms with Crippen LogP contribution in [0.2, 0.25) is 5.02 Å². The molecule has 6 nitrogen and oxygen atoms in total. The van der Waals surface area contributed by atoms with Crippen molar-refractivity contribution < 1.29 is 9.18 Å². The zero-order valence-electron chi connectivity index (χ0n) is 16.8. The molecule has 28 heavy (non-hydrogen) atoms. The molecule has 1 heterocycles. The third kappa shape index (κ3) is 7.27. The van der Waals surface area contributed by atoms with E-state index in [4.69, 9.17) is 11.6 Å². The van der Waals surface area contributed by atoms with Gasteiger partial charge < -0.3 is 20.4 Å². The molecule has 0 aliphatic carbocycles. The summed E-state index contributed by atoms with van der Waals surface area (Å²) >= 11 is 5.77. The van der Waals surface area contributed by atoms with E-state index in [0.29, 0.717) is 5.96 Å². The van der Waals surface area contributed by atoms with Crippen LogP contribution in [-0.2, 0) is 4.79 Å². The van der Waals surface area contributed by atoms with E-state index in [-0.39, 0.29) is 53.5 Å². The van der Waals surface area contributed by atoms with Gasteiger partial charge in [0.15, 0.2) is 5.96 Å². The number of nitrogens with zero attached hydrogens (tertiary/aromatic N) is 3. The lowest BCUT2D eigenvalue weighted by atomic mass is 10.2. The Morgan fingerprint density at radius 1 is 1.46 bits per heavy atom. The second kappa shape index (κ2) is 11.6. The molecule has 0 radical (unpaired) electrons. The molecule has 0 spiro atoms. The number of nitrogens with one attached hydrogen (secondary N) is 2. The molecular weight excluding hydrogens is 496 g/mol. The number of anilines is 1. The SMILES string of the molecule is CCC(C)NC(=NCC(=O)N(C)C)NC1CCN(c2ccc(Cl)c(F)c2)C1.I. The van der Waals surface area contributed by atoms with E-state index < -0.39 is 5.82 Å². The minimum absolute atomic E-state index is 0. The summed E-state index contributed by atoms with van der Waals surface area (Å²) in [5, 5.41) is 6.87. The van der Waals surface area contributed by atoms with E-state index in [9.17, 15) is 9.18 Å². The van der Waals surface area contributed by atoms with Crippen LogP contribution >= 0.6 is 35.6 Å². The maximum absolute atomic E-state index is 13.7. The van der Waals surface area contributed by atoms with Crippen molar-refractivity contribution in [1.82, 2.24) is 15.5 Å². The van der Waals surface area contributed by atoms with Gasteiger partial charge in [-0.2, -0.15) is 0 Å². The number of hydrogen-bond donors (Lipinski definition) is 2. The van der Waals surface area contributed by atoms with Gasteiger partial charge in [0.25, 0.3) is 0 Å². The topological polar surface area (TPSA) is 60.0 Å². The van der Waals surface area contributed by atoms with Crippen molar-refractivity contribution in [3.05, 3.63) is 29.0 Å². The Hall–Kier alpha value is -1.29. The Morgan fingerprint density at radius 3 is 2.79 bits per heavy atom. The second-order valence-electron chi connectivity index (χ2n) is 7.08. The number of halogens is 3. The first-order chi connectivity index (χ1) is 12.8.